The summed E-state index contributed by atoms with van der Waals surface area (Å²) in [5.74, 6) is 2.47. The number of Topliss-reactive ketones (excluding diaryl/α,β-unsaturated/α-hetero) is 1. The number of hydrogen-bond donors (Lipinski definition) is 3. The van der Waals surface area contributed by atoms with Crippen molar-refractivity contribution in [2.75, 3.05) is 53.1 Å². The molecule has 0 aliphatic carbocycles. The fourth-order valence-electron chi connectivity index (χ4n) is 10.9. The van der Waals surface area contributed by atoms with Crippen molar-refractivity contribution in [2.45, 2.75) is 74.8 Å². The maximum Gasteiger partial charge on any atom is 0.308 e. The summed E-state index contributed by atoms with van der Waals surface area (Å²) in [5.41, 5.74) is 6.93. The summed E-state index contributed by atoms with van der Waals surface area (Å²) in [5, 5.41) is 17.1. The third-order valence-electron chi connectivity index (χ3n) is 13.2. The lowest BCUT2D eigenvalue weighted by Gasteiger charge is -2.62. The molecule has 13 nitrogen and oxygen atoms in total. The van der Waals surface area contributed by atoms with Crippen molar-refractivity contribution in [1.82, 2.24) is 20.1 Å². The lowest BCUT2D eigenvalue weighted by atomic mass is 9.73. The largest absolute Gasteiger partial charge is 0.493 e. The number of hydrogen-bond acceptors (Lipinski definition) is 13. The zero-order valence-electron chi connectivity index (χ0n) is 33.3. The normalized spacial score (nSPS) is 28.6. The number of ketones is 1. The maximum absolute atomic E-state index is 14.9. The van der Waals surface area contributed by atoms with Crippen LogP contribution in [0, 0.1) is 13.8 Å². The van der Waals surface area contributed by atoms with Crippen LogP contribution in [0.15, 0.2) is 43.0 Å². The zero-order valence-corrected chi connectivity index (χ0v) is 34.1. The van der Waals surface area contributed by atoms with Crippen LogP contribution in [0.5, 0.6) is 28.7 Å². The van der Waals surface area contributed by atoms with Crippen LogP contribution in [-0.2, 0) is 32.7 Å². The van der Waals surface area contributed by atoms with Crippen LogP contribution in [0.25, 0.3) is 10.9 Å². The Kier molecular flexibility index (Phi) is 9.11. The van der Waals surface area contributed by atoms with Crippen LogP contribution >= 0.6 is 11.8 Å². The average Bonchev–Trinajstić information content (AvgIpc) is 3.85. The van der Waals surface area contributed by atoms with Crippen molar-refractivity contribution >= 4 is 34.4 Å². The van der Waals surface area contributed by atoms with Gasteiger partial charge < -0.3 is 38.5 Å². The quantitative estimate of drug-likeness (QED) is 0.140. The predicted molar refractivity (Wildman–Crippen MR) is 217 cm³/mol. The van der Waals surface area contributed by atoms with Crippen LogP contribution in [0.2, 0.25) is 0 Å². The number of aliphatic hydroxyl groups excluding tert-OH is 1. The number of likely N-dealkylation sites (N-methyl/N-ethyl adjacent to an activating group) is 1. The summed E-state index contributed by atoms with van der Waals surface area (Å²) in [6, 6.07) is 8.58. The van der Waals surface area contributed by atoms with Crippen LogP contribution in [0.3, 0.4) is 0 Å². The molecular weight excluding hydrogens is 761 g/mol. The Balaban J connectivity index is 1.25. The van der Waals surface area contributed by atoms with Gasteiger partial charge in [0.15, 0.2) is 28.8 Å². The van der Waals surface area contributed by atoms with Gasteiger partial charge in [-0.15, -0.1) is 11.8 Å². The summed E-state index contributed by atoms with van der Waals surface area (Å²) >= 11 is 1.62. The molecule has 8 heterocycles. The van der Waals surface area contributed by atoms with E-state index in [1.807, 2.05) is 32.0 Å². The molecule has 304 valence electrons. The fourth-order valence-corrected chi connectivity index (χ4v) is 12.6. The van der Waals surface area contributed by atoms with E-state index < -0.39 is 35.1 Å². The van der Waals surface area contributed by atoms with Crippen LogP contribution in [0.4, 0.5) is 0 Å². The molecule has 3 N–H and O–H groups in total. The number of aromatic nitrogens is 1. The van der Waals surface area contributed by atoms with Crippen LogP contribution < -0.4 is 29.0 Å². The van der Waals surface area contributed by atoms with E-state index in [1.54, 1.807) is 24.9 Å². The number of nitrogens with one attached hydrogen (secondary N) is 2. The van der Waals surface area contributed by atoms with Crippen molar-refractivity contribution in [2.24, 2.45) is 0 Å². The number of H-pyrrole nitrogens is 1. The lowest BCUT2D eigenvalue weighted by Crippen LogP contribution is -2.69. The number of thioether (sulfide) groups is 1. The van der Waals surface area contributed by atoms with E-state index in [0.717, 1.165) is 56.4 Å². The summed E-state index contributed by atoms with van der Waals surface area (Å²) in [4.78, 5) is 36.1. The van der Waals surface area contributed by atoms with E-state index in [4.69, 9.17) is 28.4 Å². The van der Waals surface area contributed by atoms with E-state index in [-0.39, 0.29) is 44.5 Å². The molecule has 2 saturated heterocycles. The highest BCUT2D eigenvalue weighted by molar-refractivity contribution is 7.99. The lowest BCUT2D eigenvalue weighted by molar-refractivity contribution is -0.181. The van der Waals surface area contributed by atoms with Crippen molar-refractivity contribution < 1.29 is 43.1 Å². The third kappa shape index (κ3) is 5.28. The minimum absolute atomic E-state index is 0.0112. The molecule has 4 aromatic rings. The van der Waals surface area contributed by atoms with Gasteiger partial charge >= 0.3 is 5.97 Å². The number of aromatic amines is 1. The highest BCUT2D eigenvalue weighted by Crippen LogP contribution is 2.64. The second-order valence-electron chi connectivity index (χ2n) is 16.2. The summed E-state index contributed by atoms with van der Waals surface area (Å²) in [6.07, 6.45) is 2.08. The third-order valence-corrected chi connectivity index (χ3v) is 14.7. The topological polar surface area (TPSA) is 144 Å². The number of piperazine rings is 1. The molecule has 0 amide bonds. The molecular formula is C44H48N4O9S. The first-order valence-corrected chi connectivity index (χ1v) is 21.0. The minimum Gasteiger partial charge on any atom is -0.493 e. The van der Waals surface area contributed by atoms with Gasteiger partial charge in [0.05, 0.1) is 37.1 Å². The second kappa shape index (κ2) is 14.0. The first-order chi connectivity index (χ1) is 28.1. The molecule has 7 aliphatic rings. The maximum atomic E-state index is 14.9. The number of aliphatic hydroxyl groups is 1. The monoisotopic (exact) mass is 808 g/mol. The smallest absolute Gasteiger partial charge is 0.308 e. The number of rotatable bonds is 5. The van der Waals surface area contributed by atoms with Crippen LogP contribution in [0.1, 0.15) is 68.9 Å². The number of esters is 1. The zero-order chi connectivity index (χ0) is 40.2. The van der Waals surface area contributed by atoms with Gasteiger partial charge in [-0.2, -0.15) is 0 Å². The Bertz CT molecular complexity index is 2400. The molecule has 1 unspecified atom stereocenters. The van der Waals surface area contributed by atoms with E-state index >= 15 is 0 Å². The number of nitrogens with zero attached hydrogens (tertiary/aromatic N) is 2. The predicted octanol–water partition coefficient (Wildman–Crippen LogP) is 5.08. The molecule has 3 aromatic carbocycles. The molecule has 0 radical (unpaired) electrons. The molecule has 1 spiro atoms. The molecule has 4 bridgehead atoms. The van der Waals surface area contributed by atoms with Gasteiger partial charge in [0.1, 0.15) is 30.7 Å². The van der Waals surface area contributed by atoms with E-state index in [1.165, 1.54) is 6.92 Å². The molecule has 7 aliphatic heterocycles. The molecule has 0 saturated carbocycles. The number of para-hydroxylation sites is 1. The van der Waals surface area contributed by atoms with E-state index in [0.29, 0.717) is 53.0 Å². The van der Waals surface area contributed by atoms with Gasteiger partial charge in [-0.05, 0) is 56.5 Å². The Labute approximate surface area is 340 Å². The first kappa shape index (κ1) is 37.7. The van der Waals surface area contributed by atoms with Gasteiger partial charge in [-0.3, -0.25) is 24.7 Å². The highest BCUT2D eigenvalue weighted by Gasteiger charge is 2.61. The minimum atomic E-state index is -1.14. The number of benzene rings is 3. The van der Waals surface area contributed by atoms with Crippen molar-refractivity contribution in [3.63, 3.8) is 0 Å². The number of fused-ring (bicyclic) bond motifs is 12. The van der Waals surface area contributed by atoms with Gasteiger partial charge in [0, 0.05) is 64.1 Å². The Morgan fingerprint density at radius 2 is 1.95 bits per heavy atom. The molecule has 58 heavy (non-hydrogen) atoms. The number of methoxy groups -OCH3 is 1. The molecule has 14 heteroatoms. The van der Waals surface area contributed by atoms with Gasteiger partial charge in [-0.25, -0.2) is 0 Å². The molecule has 11 rings (SSSR count). The number of ether oxygens (including phenoxy) is 6. The van der Waals surface area contributed by atoms with E-state index in [2.05, 4.69) is 45.9 Å². The molecule has 7 atom stereocenters. The van der Waals surface area contributed by atoms with Crippen molar-refractivity contribution in [3.8, 4) is 28.7 Å². The van der Waals surface area contributed by atoms with Crippen molar-refractivity contribution in [3.05, 3.63) is 87.6 Å². The van der Waals surface area contributed by atoms with Crippen molar-refractivity contribution in [1.29, 1.82) is 0 Å². The molecule has 2 fully saturated rings. The Hall–Kier alpha value is -4.57. The summed E-state index contributed by atoms with van der Waals surface area (Å²) in [6.45, 7) is 9.97. The van der Waals surface area contributed by atoms with Gasteiger partial charge in [0.25, 0.3) is 0 Å². The van der Waals surface area contributed by atoms with E-state index in [9.17, 15) is 14.7 Å². The first-order valence-electron chi connectivity index (χ1n) is 19.9. The Morgan fingerprint density at radius 1 is 1.14 bits per heavy atom. The Morgan fingerprint density at radius 3 is 2.74 bits per heavy atom. The second-order valence-corrected chi connectivity index (χ2v) is 17.3. The number of carbonyl (C=O) groups excluding carboxylic acids is 2. The van der Waals surface area contributed by atoms with Gasteiger partial charge in [0.2, 0.25) is 6.79 Å². The van der Waals surface area contributed by atoms with Crippen LogP contribution in [-0.4, -0.2) is 103 Å². The van der Waals surface area contributed by atoms with Gasteiger partial charge in [-0.1, -0.05) is 36.9 Å². The average molecular weight is 809 g/mol. The number of carbonyl (C=O) groups is 2. The highest BCUT2D eigenvalue weighted by atomic mass is 32.2. The fraction of sp³-hybridized carbons (Fsp3) is 0.455. The molecule has 1 aromatic heterocycles. The summed E-state index contributed by atoms with van der Waals surface area (Å²) < 4.78 is 37.9. The summed E-state index contributed by atoms with van der Waals surface area (Å²) in [7, 11) is 3.72. The SMILES string of the molecule is C=CCOc1c(OC)c(C)cc2c1[C@H]1C3[C@@H]4SC[C@]5(NCCc6c5[nH]c5ccccc65)C(=O)COC[C@@H](c5c6c(c(C)c(OC(C)=O)c54)OCO6)N3[C@@H](O)[C@@H](C2)N1C. The number of aryl methyl sites for hydroxylation is 1. The standard InChI is InChI=1S/C44H48N4O9S/c1-7-14-54-39-31-24(15-21(2)36(39)52-6)16-28-43(51)48-29-17-53-18-30(50)44(42-26(12-13-45-44)25-10-8-9-11-27(25)46-42)19-58-41(35(48)34(31)47(28)5)33-32(29)40-38(55-20-56-40)22(3)37(33)57-23(4)49/h7-11,15,28-29,34-35,41,43,45-46,51H,1,12-14,16-20H2,2-6H3/t28-,29+,34+,35?,41-,43+,44+/m1/s1.